The Labute approximate surface area is 108 Å². The molecular weight excluding hydrogens is 232 g/mol. The number of aryl methyl sites for hydroxylation is 1. The van der Waals surface area contributed by atoms with Crippen molar-refractivity contribution in [1.29, 1.82) is 0 Å². The quantitative estimate of drug-likeness (QED) is 0.888. The van der Waals surface area contributed by atoms with Crippen LogP contribution in [0.25, 0.3) is 0 Å². The molecular formula is C13H22N2O3. The summed E-state index contributed by atoms with van der Waals surface area (Å²) in [6.45, 7) is 5.38. The van der Waals surface area contributed by atoms with Crippen molar-refractivity contribution in [1.82, 2.24) is 9.78 Å². The second kappa shape index (κ2) is 5.28. The molecule has 0 amide bonds. The summed E-state index contributed by atoms with van der Waals surface area (Å²) in [6.07, 6.45) is 3.88. The molecule has 0 saturated carbocycles. The van der Waals surface area contributed by atoms with Crippen molar-refractivity contribution in [2.45, 2.75) is 51.4 Å². The number of nitrogens with zero attached hydrogens (tertiary/aromatic N) is 2. The normalized spacial score (nSPS) is 28.3. The average molecular weight is 254 g/mol. The average Bonchev–Trinajstić information content (AvgIpc) is 2.82. The fraction of sp³-hybridized carbons (Fsp3) is 0.769. The van der Waals surface area contributed by atoms with Crippen molar-refractivity contribution in [2.75, 3.05) is 13.7 Å². The van der Waals surface area contributed by atoms with E-state index in [0.717, 1.165) is 18.7 Å². The molecule has 18 heavy (non-hydrogen) atoms. The van der Waals surface area contributed by atoms with Gasteiger partial charge in [0.15, 0.2) is 5.75 Å². The van der Waals surface area contributed by atoms with E-state index >= 15 is 0 Å². The Hall–Kier alpha value is -1.07. The van der Waals surface area contributed by atoms with Crippen LogP contribution in [0.15, 0.2) is 6.20 Å². The Balaban J connectivity index is 2.36. The van der Waals surface area contributed by atoms with Gasteiger partial charge in [-0.1, -0.05) is 6.92 Å². The molecule has 0 aliphatic carbocycles. The Kier molecular flexibility index (Phi) is 3.92. The maximum atomic E-state index is 10.9. The maximum absolute atomic E-state index is 10.9. The van der Waals surface area contributed by atoms with E-state index in [0.29, 0.717) is 25.2 Å². The van der Waals surface area contributed by atoms with E-state index in [4.69, 9.17) is 9.47 Å². The maximum Gasteiger partial charge on any atom is 0.162 e. The Morgan fingerprint density at radius 3 is 3.00 bits per heavy atom. The van der Waals surface area contributed by atoms with Gasteiger partial charge in [-0.05, 0) is 13.3 Å². The molecule has 0 bridgehead atoms. The summed E-state index contributed by atoms with van der Waals surface area (Å²) in [5, 5.41) is 15.2. The first-order chi connectivity index (χ1) is 8.64. The third-order valence-corrected chi connectivity index (χ3v) is 3.66. The summed E-state index contributed by atoms with van der Waals surface area (Å²) in [6, 6.07) is 0. The zero-order chi connectivity index (χ0) is 13.2. The lowest BCUT2D eigenvalue weighted by molar-refractivity contribution is -0.113. The van der Waals surface area contributed by atoms with E-state index in [2.05, 4.69) is 12.0 Å². The van der Waals surface area contributed by atoms with Gasteiger partial charge in [-0.3, -0.25) is 4.68 Å². The molecule has 1 saturated heterocycles. The van der Waals surface area contributed by atoms with E-state index in [9.17, 15) is 5.11 Å². The molecule has 1 fully saturated rings. The number of hydrogen-bond donors (Lipinski definition) is 1. The van der Waals surface area contributed by atoms with E-state index in [-0.39, 0.29) is 6.10 Å². The third-order valence-electron chi connectivity index (χ3n) is 3.66. The fourth-order valence-corrected chi connectivity index (χ4v) is 2.64. The summed E-state index contributed by atoms with van der Waals surface area (Å²) in [4.78, 5) is 0. The minimum absolute atomic E-state index is 0.105. The van der Waals surface area contributed by atoms with Gasteiger partial charge >= 0.3 is 0 Å². The summed E-state index contributed by atoms with van der Waals surface area (Å²) >= 11 is 0. The second-order valence-electron chi connectivity index (χ2n) is 4.76. The van der Waals surface area contributed by atoms with Crippen LogP contribution in [0, 0.1) is 0 Å². The van der Waals surface area contributed by atoms with Crippen molar-refractivity contribution in [2.24, 2.45) is 0 Å². The molecule has 1 aromatic rings. The van der Waals surface area contributed by atoms with Crippen LogP contribution in [0.1, 0.15) is 38.8 Å². The molecule has 2 atom stereocenters. The number of aliphatic hydroxyl groups is 1. The van der Waals surface area contributed by atoms with Crippen molar-refractivity contribution in [3.05, 3.63) is 11.9 Å². The lowest BCUT2D eigenvalue weighted by Gasteiger charge is -2.37. The van der Waals surface area contributed by atoms with Crippen LogP contribution in [0.5, 0.6) is 5.75 Å². The molecule has 1 N–H and O–H groups in total. The molecule has 1 aromatic heterocycles. The smallest absolute Gasteiger partial charge is 0.162 e. The monoisotopic (exact) mass is 254 g/mol. The molecule has 102 valence electrons. The van der Waals surface area contributed by atoms with Gasteiger partial charge in [0.25, 0.3) is 0 Å². The van der Waals surface area contributed by atoms with Gasteiger partial charge in [-0.15, -0.1) is 0 Å². The number of hydrogen-bond acceptors (Lipinski definition) is 4. The molecule has 2 unspecified atom stereocenters. The first-order valence-corrected chi connectivity index (χ1v) is 6.58. The highest BCUT2D eigenvalue weighted by atomic mass is 16.5. The topological polar surface area (TPSA) is 56.5 Å². The highest BCUT2D eigenvalue weighted by Crippen LogP contribution is 2.39. The highest BCUT2D eigenvalue weighted by molar-refractivity contribution is 5.31. The van der Waals surface area contributed by atoms with Crippen LogP contribution in [0.2, 0.25) is 0 Å². The lowest BCUT2D eigenvalue weighted by Crippen LogP contribution is -2.40. The van der Waals surface area contributed by atoms with Gasteiger partial charge in [0.2, 0.25) is 0 Å². The minimum Gasteiger partial charge on any atom is -0.493 e. The van der Waals surface area contributed by atoms with E-state index < -0.39 is 5.60 Å². The van der Waals surface area contributed by atoms with Gasteiger partial charge in [-0.25, -0.2) is 0 Å². The molecule has 1 aliphatic rings. The summed E-state index contributed by atoms with van der Waals surface area (Å²) in [5.74, 6) is 0.663. The Morgan fingerprint density at radius 1 is 1.61 bits per heavy atom. The number of ether oxygens (including phenoxy) is 2. The molecule has 5 heteroatoms. The van der Waals surface area contributed by atoms with Gasteiger partial charge < -0.3 is 14.6 Å². The standard InChI is InChI=1S/C13H22N2O3/c1-4-10-8-13(16,6-7-18-10)12-11(17-3)9-14-15(12)5-2/h9-10,16H,4-8H2,1-3H3. The minimum atomic E-state index is -0.892. The molecule has 2 rings (SSSR count). The van der Waals surface area contributed by atoms with Crippen molar-refractivity contribution in [3.8, 4) is 5.75 Å². The van der Waals surface area contributed by atoms with E-state index in [1.165, 1.54) is 0 Å². The largest absolute Gasteiger partial charge is 0.493 e. The molecule has 2 heterocycles. The first kappa shape index (κ1) is 13.4. The predicted octanol–water partition coefficient (Wildman–Crippen LogP) is 1.69. The molecule has 0 aromatic carbocycles. The van der Waals surface area contributed by atoms with Gasteiger partial charge in [-0.2, -0.15) is 5.10 Å². The zero-order valence-corrected chi connectivity index (χ0v) is 11.3. The Bertz CT molecular complexity index is 383. The first-order valence-electron chi connectivity index (χ1n) is 6.58. The second-order valence-corrected chi connectivity index (χ2v) is 4.76. The number of aromatic nitrogens is 2. The van der Waals surface area contributed by atoms with Crippen LogP contribution in [0.4, 0.5) is 0 Å². The van der Waals surface area contributed by atoms with Crippen LogP contribution < -0.4 is 4.74 Å². The summed E-state index contributed by atoms with van der Waals surface area (Å²) < 4.78 is 12.8. The summed E-state index contributed by atoms with van der Waals surface area (Å²) in [5.41, 5.74) is -0.106. The molecule has 5 nitrogen and oxygen atoms in total. The van der Waals surface area contributed by atoms with Crippen molar-refractivity contribution < 1.29 is 14.6 Å². The summed E-state index contributed by atoms with van der Waals surface area (Å²) in [7, 11) is 1.61. The van der Waals surface area contributed by atoms with Crippen LogP contribution in [0.3, 0.4) is 0 Å². The third kappa shape index (κ3) is 2.24. The number of rotatable bonds is 4. The van der Waals surface area contributed by atoms with Crippen molar-refractivity contribution >= 4 is 0 Å². The SMILES string of the molecule is CCC1CC(O)(c2c(OC)cnn2CC)CCO1. The lowest BCUT2D eigenvalue weighted by atomic mass is 9.86. The Morgan fingerprint density at radius 2 is 2.39 bits per heavy atom. The van der Waals surface area contributed by atoms with Crippen LogP contribution in [-0.4, -0.2) is 34.7 Å². The molecule has 0 radical (unpaired) electrons. The van der Waals surface area contributed by atoms with E-state index in [1.54, 1.807) is 13.3 Å². The molecule has 1 aliphatic heterocycles. The van der Waals surface area contributed by atoms with E-state index in [1.807, 2.05) is 11.6 Å². The molecule has 0 spiro atoms. The van der Waals surface area contributed by atoms with Crippen molar-refractivity contribution in [3.63, 3.8) is 0 Å². The van der Waals surface area contributed by atoms with Crippen LogP contribution >= 0.6 is 0 Å². The van der Waals surface area contributed by atoms with Gasteiger partial charge in [0.05, 0.1) is 26.0 Å². The van der Waals surface area contributed by atoms with Crippen LogP contribution in [-0.2, 0) is 16.9 Å². The predicted molar refractivity (Wildman–Crippen MR) is 67.6 cm³/mol. The van der Waals surface area contributed by atoms with Gasteiger partial charge in [0.1, 0.15) is 11.3 Å². The highest BCUT2D eigenvalue weighted by Gasteiger charge is 2.40. The number of methoxy groups -OCH3 is 1. The zero-order valence-electron chi connectivity index (χ0n) is 11.3. The fourth-order valence-electron chi connectivity index (χ4n) is 2.64. The van der Waals surface area contributed by atoms with Gasteiger partial charge in [0, 0.05) is 19.4 Å².